The molecule has 0 amide bonds. The zero-order valence-electron chi connectivity index (χ0n) is 5.63. The van der Waals surface area contributed by atoms with Gasteiger partial charge >= 0.3 is 0 Å². The molecule has 0 aliphatic rings. The molecule has 0 fully saturated rings. The topological polar surface area (TPSA) is 15.6 Å². The van der Waals surface area contributed by atoms with Gasteiger partial charge in [-0.3, -0.25) is 0 Å². The third kappa shape index (κ3) is 5.21. The first-order valence-electron chi connectivity index (χ1n) is 2.60. The quantitative estimate of drug-likeness (QED) is 0.386. The van der Waals surface area contributed by atoms with E-state index in [0.29, 0.717) is 0 Å². The van der Waals surface area contributed by atoms with Gasteiger partial charge in [0.2, 0.25) is 0 Å². The maximum atomic E-state index is 3.94. The number of hydrogen-bond donors (Lipinski definition) is 0. The average molecular weight is 112 g/mol. The van der Waals surface area contributed by atoms with Crippen molar-refractivity contribution < 1.29 is 0 Å². The number of hydrogen-bond acceptors (Lipinski definition) is 2. The number of hydrazone groups is 1. The van der Waals surface area contributed by atoms with Crippen LogP contribution in [0.4, 0.5) is 0 Å². The van der Waals surface area contributed by atoms with E-state index >= 15 is 0 Å². The van der Waals surface area contributed by atoms with Crippen LogP contribution in [0.3, 0.4) is 0 Å². The summed E-state index contributed by atoms with van der Waals surface area (Å²) >= 11 is 0. The van der Waals surface area contributed by atoms with Gasteiger partial charge in [-0.25, -0.2) is 0 Å². The SMILES string of the molecule is CC=CC=NN(C)C. The van der Waals surface area contributed by atoms with Gasteiger partial charge in [-0.2, -0.15) is 5.10 Å². The van der Waals surface area contributed by atoms with Crippen molar-refractivity contribution in [1.82, 2.24) is 5.01 Å². The van der Waals surface area contributed by atoms with Crippen molar-refractivity contribution >= 4 is 6.21 Å². The molecule has 8 heavy (non-hydrogen) atoms. The van der Waals surface area contributed by atoms with Crippen LogP contribution < -0.4 is 0 Å². The Hall–Kier alpha value is -0.790. The third-order valence-electron chi connectivity index (χ3n) is 0.576. The van der Waals surface area contributed by atoms with E-state index < -0.39 is 0 Å². The minimum absolute atomic E-state index is 1.75. The maximum absolute atomic E-state index is 3.94. The van der Waals surface area contributed by atoms with E-state index in [1.54, 1.807) is 11.2 Å². The smallest absolute Gasteiger partial charge is 0.0466 e. The van der Waals surface area contributed by atoms with Crippen molar-refractivity contribution in [2.45, 2.75) is 6.92 Å². The molecule has 46 valence electrons. The normalized spacial score (nSPS) is 11.4. The van der Waals surface area contributed by atoms with E-state index in [-0.39, 0.29) is 0 Å². The minimum Gasteiger partial charge on any atom is -0.303 e. The molecule has 0 rings (SSSR count). The molecule has 0 spiro atoms. The molecule has 0 aliphatic heterocycles. The van der Waals surface area contributed by atoms with Gasteiger partial charge in [-0.1, -0.05) is 6.08 Å². The fourth-order valence-corrected chi connectivity index (χ4v) is 0.258. The Morgan fingerprint density at radius 1 is 1.38 bits per heavy atom. The second kappa shape index (κ2) is 4.37. The first kappa shape index (κ1) is 7.21. The standard InChI is InChI=1S/C6H12N2/c1-4-5-6-7-8(2)3/h4-6H,1-3H3. The van der Waals surface area contributed by atoms with Gasteiger partial charge in [0.05, 0.1) is 0 Å². The Labute approximate surface area is 50.5 Å². The predicted molar refractivity (Wildman–Crippen MR) is 37.0 cm³/mol. The summed E-state index contributed by atoms with van der Waals surface area (Å²) in [5, 5.41) is 5.69. The predicted octanol–water partition coefficient (Wildman–Crippen LogP) is 1.11. The van der Waals surface area contributed by atoms with E-state index in [9.17, 15) is 0 Å². The molecule has 0 N–H and O–H groups in total. The number of nitrogens with zero attached hydrogens (tertiary/aromatic N) is 2. The van der Waals surface area contributed by atoms with Crippen molar-refractivity contribution in [3.05, 3.63) is 12.2 Å². The molecule has 0 atom stereocenters. The molecule has 0 radical (unpaired) electrons. The van der Waals surface area contributed by atoms with Crippen molar-refractivity contribution in [1.29, 1.82) is 0 Å². The molecule has 0 aromatic heterocycles. The van der Waals surface area contributed by atoms with Crippen molar-refractivity contribution in [2.24, 2.45) is 5.10 Å². The average Bonchev–Trinajstić information content (AvgIpc) is 1.66. The van der Waals surface area contributed by atoms with Crippen LogP contribution in [0.15, 0.2) is 17.3 Å². The van der Waals surface area contributed by atoms with Crippen LogP contribution in [-0.4, -0.2) is 25.3 Å². The Morgan fingerprint density at radius 2 is 2.00 bits per heavy atom. The first-order chi connectivity index (χ1) is 3.77. The van der Waals surface area contributed by atoms with Crippen LogP contribution in [0.25, 0.3) is 0 Å². The second-order valence-electron chi connectivity index (χ2n) is 1.64. The third-order valence-corrected chi connectivity index (χ3v) is 0.576. The molecule has 0 heterocycles. The van der Waals surface area contributed by atoms with E-state index in [2.05, 4.69) is 5.10 Å². The fourth-order valence-electron chi connectivity index (χ4n) is 0.258. The van der Waals surface area contributed by atoms with Gasteiger partial charge in [0, 0.05) is 20.3 Å². The zero-order chi connectivity index (χ0) is 6.41. The molecule has 0 saturated heterocycles. The van der Waals surface area contributed by atoms with Crippen LogP contribution in [0.2, 0.25) is 0 Å². The van der Waals surface area contributed by atoms with Crippen LogP contribution in [-0.2, 0) is 0 Å². The number of allylic oxidation sites excluding steroid dienone is 2. The van der Waals surface area contributed by atoms with Crippen molar-refractivity contribution in [2.75, 3.05) is 14.1 Å². The minimum atomic E-state index is 1.75. The van der Waals surface area contributed by atoms with Gasteiger partial charge < -0.3 is 5.01 Å². The van der Waals surface area contributed by atoms with Crippen LogP contribution in [0.5, 0.6) is 0 Å². The van der Waals surface area contributed by atoms with E-state index in [0.717, 1.165) is 0 Å². The second-order valence-corrected chi connectivity index (χ2v) is 1.64. The van der Waals surface area contributed by atoms with Gasteiger partial charge in [-0.15, -0.1) is 0 Å². The highest BCUT2D eigenvalue weighted by atomic mass is 15.4. The highest BCUT2D eigenvalue weighted by Crippen LogP contribution is 1.71. The van der Waals surface area contributed by atoms with E-state index in [1.165, 1.54) is 0 Å². The monoisotopic (exact) mass is 112 g/mol. The lowest BCUT2D eigenvalue weighted by Crippen LogP contribution is -2.00. The van der Waals surface area contributed by atoms with Crippen molar-refractivity contribution in [3.8, 4) is 0 Å². The summed E-state index contributed by atoms with van der Waals surface area (Å²) in [5.74, 6) is 0. The molecule has 2 nitrogen and oxygen atoms in total. The maximum Gasteiger partial charge on any atom is 0.0466 e. The summed E-state index contributed by atoms with van der Waals surface area (Å²) in [6.07, 6.45) is 5.58. The zero-order valence-corrected chi connectivity index (χ0v) is 5.63. The highest BCUT2D eigenvalue weighted by Gasteiger charge is 1.68. The lowest BCUT2D eigenvalue weighted by Gasteiger charge is -1.99. The van der Waals surface area contributed by atoms with Crippen molar-refractivity contribution in [3.63, 3.8) is 0 Å². The van der Waals surface area contributed by atoms with E-state index in [4.69, 9.17) is 0 Å². The van der Waals surface area contributed by atoms with Crippen LogP contribution >= 0.6 is 0 Å². The highest BCUT2D eigenvalue weighted by molar-refractivity contribution is 5.70. The Kier molecular flexibility index (Phi) is 3.94. The van der Waals surface area contributed by atoms with Gasteiger partial charge in [0.25, 0.3) is 0 Å². The lowest BCUT2D eigenvalue weighted by molar-refractivity contribution is 0.440. The van der Waals surface area contributed by atoms with Crippen LogP contribution in [0.1, 0.15) is 6.92 Å². The summed E-state index contributed by atoms with van der Waals surface area (Å²) in [6, 6.07) is 0. The molecular weight excluding hydrogens is 100 g/mol. The summed E-state index contributed by atoms with van der Waals surface area (Å²) in [5.41, 5.74) is 0. The van der Waals surface area contributed by atoms with Gasteiger partial charge in [0.15, 0.2) is 0 Å². The Bertz CT molecular complexity index is 92.7. The molecule has 0 aromatic rings. The van der Waals surface area contributed by atoms with Crippen LogP contribution in [0, 0.1) is 0 Å². The Balaban J connectivity index is 3.34. The molecule has 0 aromatic carbocycles. The summed E-state index contributed by atoms with van der Waals surface area (Å²) < 4.78 is 0. The Morgan fingerprint density at radius 3 is 2.38 bits per heavy atom. The molecular formula is C6H12N2. The largest absolute Gasteiger partial charge is 0.303 e. The first-order valence-corrected chi connectivity index (χ1v) is 2.60. The summed E-state index contributed by atoms with van der Waals surface area (Å²) in [7, 11) is 3.78. The molecule has 2 heteroatoms. The summed E-state index contributed by atoms with van der Waals surface area (Å²) in [4.78, 5) is 0. The van der Waals surface area contributed by atoms with Gasteiger partial charge in [0.1, 0.15) is 0 Å². The van der Waals surface area contributed by atoms with Gasteiger partial charge in [-0.05, 0) is 13.0 Å². The molecule has 0 aliphatic carbocycles. The lowest BCUT2D eigenvalue weighted by atomic mass is 10.6. The summed E-state index contributed by atoms with van der Waals surface area (Å²) in [6.45, 7) is 1.96. The molecule has 0 bridgehead atoms. The fraction of sp³-hybridized carbons (Fsp3) is 0.500. The molecule has 0 unspecified atom stereocenters. The number of rotatable bonds is 2. The molecule has 0 saturated carbocycles. The van der Waals surface area contributed by atoms with E-state index in [1.807, 2.05) is 33.2 Å².